The molecule has 1 amide bonds. The molecule has 0 saturated carbocycles. The molecule has 1 aliphatic rings. The fraction of sp³-hybridized carbons (Fsp3) is 0.533. The lowest BCUT2D eigenvalue weighted by Gasteiger charge is -2.26. The summed E-state index contributed by atoms with van der Waals surface area (Å²) in [4.78, 5) is 13.5. The van der Waals surface area contributed by atoms with Gasteiger partial charge in [-0.2, -0.15) is 0 Å². The lowest BCUT2D eigenvalue weighted by atomic mass is 9.89. The third-order valence-corrected chi connectivity index (χ3v) is 3.17. The molecule has 1 aliphatic heterocycles. The molecular formula is C15H23NO2. The number of rotatable bonds is 2. The fourth-order valence-electron chi connectivity index (χ4n) is 1.54. The monoisotopic (exact) mass is 249 g/mol. The molecule has 0 unspecified atom stereocenters. The molecule has 1 heterocycles. The van der Waals surface area contributed by atoms with E-state index in [1.54, 1.807) is 4.90 Å². The summed E-state index contributed by atoms with van der Waals surface area (Å²) in [6.45, 7) is 7.91. The molecule has 0 aromatic heterocycles. The van der Waals surface area contributed by atoms with Crippen molar-refractivity contribution in [1.29, 1.82) is 0 Å². The van der Waals surface area contributed by atoms with Gasteiger partial charge in [-0.15, -0.1) is 0 Å². The lowest BCUT2D eigenvalue weighted by molar-refractivity contribution is -0.140. The van der Waals surface area contributed by atoms with E-state index in [1.807, 2.05) is 57.2 Å². The molecule has 3 nitrogen and oxygen atoms in total. The van der Waals surface area contributed by atoms with E-state index in [1.165, 1.54) is 0 Å². The van der Waals surface area contributed by atoms with Crippen LogP contribution in [0.3, 0.4) is 0 Å². The Bertz CT molecular complexity index is 316. The zero-order chi connectivity index (χ0) is 13.4. The maximum absolute atomic E-state index is 11.7. The molecule has 100 valence electrons. The molecule has 1 fully saturated rings. The van der Waals surface area contributed by atoms with Crippen LogP contribution < -0.4 is 0 Å². The van der Waals surface area contributed by atoms with Crippen LogP contribution >= 0.6 is 0 Å². The van der Waals surface area contributed by atoms with Gasteiger partial charge in [0.05, 0.1) is 6.61 Å². The van der Waals surface area contributed by atoms with Crippen molar-refractivity contribution in [2.75, 3.05) is 19.9 Å². The predicted octanol–water partition coefficient (Wildman–Crippen LogP) is 2.93. The molecule has 18 heavy (non-hydrogen) atoms. The van der Waals surface area contributed by atoms with Crippen molar-refractivity contribution >= 4 is 5.91 Å². The van der Waals surface area contributed by atoms with Crippen LogP contribution in [-0.2, 0) is 9.53 Å². The largest absolute Gasteiger partial charge is 0.359 e. The molecule has 0 N–H and O–H groups in total. The average molecular weight is 249 g/mol. The van der Waals surface area contributed by atoms with E-state index in [4.69, 9.17) is 4.74 Å². The molecule has 0 aliphatic carbocycles. The number of carbonyl (C=O) groups excluding carboxylic acids is 1. The SMILES string of the molecule is CCC(C)(C)C(=O)N1CCOC1.c1ccccc1. The van der Waals surface area contributed by atoms with Gasteiger partial charge in [0.25, 0.3) is 0 Å². The number of carbonyl (C=O) groups is 1. The molecule has 0 atom stereocenters. The number of benzene rings is 1. The topological polar surface area (TPSA) is 29.5 Å². The van der Waals surface area contributed by atoms with Crippen LogP contribution in [0.2, 0.25) is 0 Å². The second-order valence-electron chi connectivity index (χ2n) is 5.00. The lowest BCUT2D eigenvalue weighted by Crippen LogP contribution is -2.39. The summed E-state index contributed by atoms with van der Waals surface area (Å²) in [7, 11) is 0. The van der Waals surface area contributed by atoms with Crippen LogP contribution in [0.5, 0.6) is 0 Å². The molecule has 0 spiro atoms. The van der Waals surface area contributed by atoms with E-state index in [0.29, 0.717) is 13.3 Å². The van der Waals surface area contributed by atoms with E-state index in [0.717, 1.165) is 13.0 Å². The summed E-state index contributed by atoms with van der Waals surface area (Å²) >= 11 is 0. The summed E-state index contributed by atoms with van der Waals surface area (Å²) < 4.78 is 5.12. The summed E-state index contributed by atoms with van der Waals surface area (Å²) in [5.74, 6) is 0.211. The fourth-order valence-corrected chi connectivity index (χ4v) is 1.54. The van der Waals surface area contributed by atoms with Crippen molar-refractivity contribution in [2.45, 2.75) is 27.2 Å². The number of amides is 1. The quantitative estimate of drug-likeness (QED) is 0.806. The minimum atomic E-state index is -0.228. The van der Waals surface area contributed by atoms with Crippen LogP contribution in [-0.4, -0.2) is 30.7 Å². The normalized spacial score (nSPS) is 14.9. The van der Waals surface area contributed by atoms with Crippen LogP contribution in [0.15, 0.2) is 36.4 Å². The van der Waals surface area contributed by atoms with E-state index in [-0.39, 0.29) is 11.3 Å². The van der Waals surface area contributed by atoms with Gasteiger partial charge in [-0.05, 0) is 6.42 Å². The average Bonchev–Trinajstić information content (AvgIpc) is 2.94. The zero-order valence-corrected chi connectivity index (χ0v) is 11.6. The first kappa shape index (κ1) is 14.7. The first-order valence-corrected chi connectivity index (χ1v) is 6.45. The van der Waals surface area contributed by atoms with Crippen molar-refractivity contribution in [3.05, 3.63) is 36.4 Å². The van der Waals surface area contributed by atoms with Gasteiger partial charge in [-0.3, -0.25) is 4.79 Å². The minimum absolute atomic E-state index is 0.211. The Kier molecular flexibility index (Phi) is 5.86. The third kappa shape index (κ3) is 4.49. The van der Waals surface area contributed by atoms with Gasteiger partial charge in [0.15, 0.2) is 0 Å². The van der Waals surface area contributed by atoms with Crippen molar-refractivity contribution in [2.24, 2.45) is 5.41 Å². The highest BCUT2D eigenvalue weighted by Gasteiger charge is 2.31. The number of hydrogen-bond acceptors (Lipinski definition) is 2. The second kappa shape index (κ2) is 7.17. The van der Waals surface area contributed by atoms with Gasteiger partial charge >= 0.3 is 0 Å². The Hall–Kier alpha value is -1.35. The van der Waals surface area contributed by atoms with Crippen molar-refractivity contribution in [1.82, 2.24) is 4.90 Å². The van der Waals surface area contributed by atoms with Gasteiger partial charge in [-0.1, -0.05) is 57.2 Å². The van der Waals surface area contributed by atoms with Gasteiger partial charge in [-0.25, -0.2) is 0 Å². The molecule has 1 aromatic rings. The zero-order valence-electron chi connectivity index (χ0n) is 11.6. The van der Waals surface area contributed by atoms with Gasteiger partial charge in [0, 0.05) is 12.0 Å². The Labute approximate surface area is 110 Å². The van der Waals surface area contributed by atoms with Gasteiger partial charge < -0.3 is 9.64 Å². The van der Waals surface area contributed by atoms with Crippen LogP contribution in [0, 0.1) is 5.41 Å². The first-order valence-electron chi connectivity index (χ1n) is 6.45. The molecule has 1 saturated heterocycles. The number of nitrogens with zero attached hydrogens (tertiary/aromatic N) is 1. The maximum Gasteiger partial charge on any atom is 0.230 e. The minimum Gasteiger partial charge on any atom is -0.359 e. The number of ether oxygens (including phenoxy) is 1. The van der Waals surface area contributed by atoms with Crippen LogP contribution in [0.25, 0.3) is 0 Å². The first-order chi connectivity index (χ1) is 8.58. The predicted molar refractivity (Wildman–Crippen MR) is 73.0 cm³/mol. The van der Waals surface area contributed by atoms with Crippen molar-refractivity contribution in [3.8, 4) is 0 Å². The molecule has 0 bridgehead atoms. The smallest absolute Gasteiger partial charge is 0.230 e. The summed E-state index contributed by atoms with van der Waals surface area (Å²) in [6, 6.07) is 12.0. The summed E-state index contributed by atoms with van der Waals surface area (Å²) in [5.41, 5.74) is -0.228. The summed E-state index contributed by atoms with van der Waals surface area (Å²) in [6.07, 6.45) is 0.877. The highest BCUT2D eigenvalue weighted by atomic mass is 16.5. The standard InChI is InChI=1S/C9H17NO2.C6H6/c1-4-9(2,3)8(11)10-5-6-12-7-10;1-2-4-6-5-3-1/h4-7H2,1-3H3;1-6H. The Morgan fingerprint density at radius 3 is 2.00 bits per heavy atom. The van der Waals surface area contributed by atoms with E-state index >= 15 is 0 Å². The van der Waals surface area contributed by atoms with Gasteiger partial charge in [0.2, 0.25) is 5.91 Å². The Morgan fingerprint density at radius 2 is 1.67 bits per heavy atom. The highest BCUT2D eigenvalue weighted by Crippen LogP contribution is 2.23. The second-order valence-corrected chi connectivity index (χ2v) is 5.00. The van der Waals surface area contributed by atoms with E-state index < -0.39 is 0 Å². The Morgan fingerprint density at radius 1 is 1.17 bits per heavy atom. The molecule has 3 heteroatoms. The van der Waals surface area contributed by atoms with E-state index in [9.17, 15) is 4.79 Å². The van der Waals surface area contributed by atoms with Crippen molar-refractivity contribution < 1.29 is 9.53 Å². The Balaban J connectivity index is 0.000000225. The highest BCUT2D eigenvalue weighted by molar-refractivity contribution is 5.81. The van der Waals surface area contributed by atoms with Crippen molar-refractivity contribution in [3.63, 3.8) is 0 Å². The molecular weight excluding hydrogens is 226 g/mol. The molecule has 1 aromatic carbocycles. The maximum atomic E-state index is 11.7. The third-order valence-electron chi connectivity index (χ3n) is 3.17. The molecule has 2 rings (SSSR count). The van der Waals surface area contributed by atoms with Gasteiger partial charge in [0.1, 0.15) is 6.73 Å². The van der Waals surface area contributed by atoms with Crippen LogP contribution in [0.4, 0.5) is 0 Å². The molecule has 0 radical (unpaired) electrons. The van der Waals surface area contributed by atoms with Crippen LogP contribution in [0.1, 0.15) is 27.2 Å². The van der Waals surface area contributed by atoms with E-state index in [2.05, 4.69) is 0 Å². The summed E-state index contributed by atoms with van der Waals surface area (Å²) in [5, 5.41) is 0. The number of hydrogen-bond donors (Lipinski definition) is 0.